The van der Waals surface area contributed by atoms with Gasteiger partial charge in [0.2, 0.25) is 0 Å². The molecule has 25 heavy (non-hydrogen) atoms. The summed E-state index contributed by atoms with van der Waals surface area (Å²) in [5, 5.41) is 0. The molecule has 1 fully saturated rings. The van der Waals surface area contributed by atoms with Crippen LogP contribution in [-0.4, -0.2) is 24.5 Å². The Morgan fingerprint density at radius 2 is 1.92 bits per heavy atom. The van der Waals surface area contributed by atoms with E-state index in [0.29, 0.717) is 12.0 Å². The fourth-order valence-electron chi connectivity index (χ4n) is 3.38. The van der Waals surface area contributed by atoms with E-state index in [4.69, 9.17) is 0 Å². The summed E-state index contributed by atoms with van der Waals surface area (Å²) in [5.41, 5.74) is 5.68. The van der Waals surface area contributed by atoms with Crippen LogP contribution in [0.5, 0.6) is 0 Å². The molecule has 0 N–H and O–H groups in total. The molecule has 4 rings (SSSR count). The fraction of sp³-hybridized carbons (Fsp3) is 0.400. The molecule has 1 saturated carbocycles. The number of rotatable bonds is 4. The Bertz CT molecular complexity index is 979. The van der Waals surface area contributed by atoms with Gasteiger partial charge in [0.1, 0.15) is 11.6 Å². The third-order valence-corrected chi connectivity index (χ3v) is 4.85. The zero-order valence-electron chi connectivity index (χ0n) is 15.2. The number of pyridine rings is 1. The van der Waals surface area contributed by atoms with E-state index in [1.807, 2.05) is 26.2 Å². The van der Waals surface area contributed by atoms with Crippen LogP contribution in [0.25, 0.3) is 16.7 Å². The van der Waals surface area contributed by atoms with E-state index in [-0.39, 0.29) is 0 Å². The molecule has 0 saturated heterocycles. The van der Waals surface area contributed by atoms with E-state index in [9.17, 15) is 0 Å². The number of aryl methyl sites for hydroxylation is 2. The highest BCUT2D eigenvalue weighted by molar-refractivity contribution is 5.83. The molecule has 1 aliphatic carbocycles. The quantitative estimate of drug-likeness (QED) is 0.712. The van der Waals surface area contributed by atoms with Crippen LogP contribution in [0.4, 0.5) is 0 Å². The second-order valence-corrected chi connectivity index (χ2v) is 7.17. The van der Waals surface area contributed by atoms with Gasteiger partial charge in [-0.1, -0.05) is 6.58 Å². The van der Waals surface area contributed by atoms with Crippen molar-refractivity contribution in [3.8, 4) is 0 Å². The van der Waals surface area contributed by atoms with Gasteiger partial charge in [0.15, 0.2) is 5.65 Å². The van der Waals surface area contributed by atoms with Gasteiger partial charge in [0, 0.05) is 41.2 Å². The van der Waals surface area contributed by atoms with E-state index in [1.54, 1.807) is 0 Å². The van der Waals surface area contributed by atoms with Crippen molar-refractivity contribution < 1.29 is 0 Å². The van der Waals surface area contributed by atoms with Crippen molar-refractivity contribution in [3.05, 3.63) is 53.5 Å². The lowest BCUT2D eigenvalue weighted by Gasteiger charge is -2.12. The molecule has 0 unspecified atom stereocenters. The molecule has 0 radical (unpaired) electrons. The Hall–Kier alpha value is -2.56. The molecule has 3 heterocycles. The molecule has 5 nitrogen and oxygen atoms in total. The lowest BCUT2D eigenvalue weighted by Crippen LogP contribution is -2.03. The third kappa shape index (κ3) is 2.73. The third-order valence-electron chi connectivity index (χ3n) is 4.85. The molecule has 0 bridgehead atoms. The summed E-state index contributed by atoms with van der Waals surface area (Å²) in [7, 11) is 0. The summed E-state index contributed by atoms with van der Waals surface area (Å²) in [5.74, 6) is 2.51. The van der Waals surface area contributed by atoms with Crippen LogP contribution in [0.3, 0.4) is 0 Å². The van der Waals surface area contributed by atoms with Gasteiger partial charge in [-0.15, -0.1) is 0 Å². The summed E-state index contributed by atoms with van der Waals surface area (Å²) >= 11 is 0. The van der Waals surface area contributed by atoms with Crippen LogP contribution in [0, 0.1) is 13.8 Å². The van der Waals surface area contributed by atoms with Crippen molar-refractivity contribution in [1.82, 2.24) is 24.5 Å². The predicted octanol–water partition coefficient (Wildman–Crippen LogP) is 4.36. The Morgan fingerprint density at radius 1 is 1.16 bits per heavy atom. The van der Waals surface area contributed by atoms with E-state index in [0.717, 1.165) is 45.2 Å². The maximum absolute atomic E-state index is 4.68. The van der Waals surface area contributed by atoms with Crippen LogP contribution in [0.1, 0.15) is 67.1 Å². The van der Waals surface area contributed by atoms with E-state index < -0.39 is 0 Å². The summed E-state index contributed by atoms with van der Waals surface area (Å²) in [4.78, 5) is 18.3. The SMILES string of the molecule is C=C(c1cnc2nc(C)n(C(C)C)c2c1)c1cnc(C2CC2)nc1C. The molecule has 3 aromatic heterocycles. The first-order chi connectivity index (χ1) is 12.0. The number of hydrogen-bond acceptors (Lipinski definition) is 4. The minimum Gasteiger partial charge on any atom is -0.324 e. The Labute approximate surface area is 147 Å². The summed E-state index contributed by atoms with van der Waals surface area (Å²) in [6, 6.07) is 2.46. The largest absolute Gasteiger partial charge is 0.324 e. The van der Waals surface area contributed by atoms with Gasteiger partial charge in [0.05, 0.1) is 5.52 Å². The Balaban J connectivity index is 1.76. The molecule has 0 aliphatic heterocycles. The molecule has 0 aromatic carbocycles. The van der Waals surface area contributed by atoms with Crippen LogP contribution in [0.2, 0.25) is 0 Å². The lowest BCUT2D eigenvalue weighted by atomic mass is 10.0. The average molecular weight is 333 g/mol. The highest BCUT2D eigenvalue weighted by atomic mass is 15.1. The minimum atomic E-state index is 0.332. The van der Waals surface area contributed by atoms with Gasteiger partial charge in [-0.05, 0) is 52.2 Å². The zero-order valence-corrected chi connectivity index (χ0v) is 15.2. The van der Waals surface area contributed by atoms with E-state index in [2.05, 4.69) is 51.0 Å². The maximum atomic E-state index is 4.68. The standard InChI is InChI=1S/C20H23N5/c1-11(2)25-14(5)24-20-18(25)8-16(9-21-20)12(3)17-10-22-19(15-6-7-15)23-13(17)4/h8-11,15H,3,6-7H2,1-2,4-5H3. The van der Waals surface area contributed by atoms with Gasteiger partial charge in [-0.25, -0.2) is 19.9 Å². The first kappa shape index (κ1) is 15.9. The lowest BCUT2D eigenvalue weighted by molar-refractivity contribution is 0.600. The Morgan fingerprint density at radius 3 is 2.56 bits per heavy atom. The van der Waals surface area contributed by atoms with Crippen molar-refractivity contribution in [3.63, 3.8) is 0 Å². The Kier molecular flexibility index (Phi) is 3.67. The van der Waals surface area contributed by atoms with Crippen LogP contribution < -0.4 is 0 Å². The van der Waals surface area contributed by atoms with E-state index >= 15 is 0 Å². The maximum Gasteiger partial charge on any atom is 0.177 e. The number of aromatic nitrogens is 5. The van der Waals surface area contributed by atoms with Crippen molar-refractivity contribution >= 4 is 16.7 Å². The molecule has 1 aliphatic rings. The molecular formula is C20H23N5. The van der Waals surface area contributed by atoms with Gasteiger partial charge >= 0.3 is 0 Å². The second-order valence-electron chi connectivity index (χ2n) is 7.17. The van der Waals surface area contributed by atoms with Crippen LogP contribution in [0.15, 0.2) is 25.0 Å². The molecule has 0 amide bonds. The molecule has 128 valence electrons. The minimum absolute atomic E-state index is 0.332. The predicted molar refractivity (Wildman–Crippen MR) is 99.5 cm³/mol. The molecular weight excluding hydrogens is 310 g/mol. The number of fused-ring (bicyclic) bond motifs is 1. The van der Waals surface area contributed by atoms with Gasteiger partial charge < -0.3 is 4.57 Å². The first-order valence-corrected chi connectivity index (χ1v) is 8.83. The smallest absolute Gasteiger partial charge is 0.177 e. The normalized spacial score (nSPS) is 14.4. The average Bonchev–Trinajstić information content (AvgIpc) is 3.35. The number of hydrogen-bond donors (Lipinski definition) is 0. The van der Waals surface area contributed by atoms with Gasteiger partial charge in [0.25, 0.3) is 0 Å². The number of imidazole rings is 1. The van der Waals surface area contributed by atoms with E-state index in [1.165, 1.54) is 12.8 Å². The van der Waals surface area contributed by atoms with Crippen molar-refractivity contribution in [2.75, 3.05) is 0 Å². The molecule has 3 aromatic rings. The van der Waals surface area contributed by atoms with Crippen molar-refractivity contribution in [2.24, 2.45) is 0 Å². The van der Waals surface area contributed by atoms with Gasteiger partial charge in [-0.2, -0.15) is 0 Å². The van der Waals surface area contributed by atoms with Crippen molar-refractivity contribution in [1.29, 1.82) is 0 Å². The summed E-state index contributed by atoms with van der Waals surface area (Å²) in [6.07, 6.45) is 6.17. The summed E-state index contributed by atoms with van der Waals surface area (Å²) in [6.45, 7) is 12.6. The second kappa shape index (κ2) is 5.76. The molecule has 5 heteroatoms. The molecule has 0 spiro atoms. The topological polar surface area (TPSA) is 56.5 Å². The van der Waals surface area contributed by atoms with Crippen LogP contribution in [-0.2, 0) is 0 Å². The van der Waals surface area contributed by atoms with Gasteiger partial charge in [-0.3, -0.25) is 0 Å². The fourth-order valence-corrected chi connectivity index (χ4v) is 3.38. The highest BCUT2D eigenvalue weighted by Crippen LogP contribution is 2.38. The number of nitrogens with zero attached hydrogens (tertiary/aromatic N) is 5. The van der Waals surface area contributed by atoms with Crippen molar-refractivity contribution in [2.45, 2.75) is 52.5 Å². The highest BCUT2D eigenvalue weighted by Gasteiger charge is 2.27. The molecule has 0 atom stereocenters. The summed E-state index contributed by atoms with van der Waals surface area (Å²) < 4.78 is 2.21. The van der Waals surface area contributed by atoms with Crippen LogP contribution >= 0.6 is 0 Å². The monoisotopic (exact) mass is 333 g/mol. The zero-order chi connectivity index (χ0) is 17.7. The first-order valence-electron chi connectivity index (χ1n) is 8.83.